The number of amides is 1. The molecule has 0 aliphatic heterocycles. The van der Waals surface area contributed by atoms with Gasteiger partial charge in [0.05, 0.1) is 37.2 Å². The predicted molar refractivity (Wildman–Crippen MR) is 99.8 cm³/mol. The van der Waals surface area contributed by atoms with E-state index < -0.39 is 5.97 Å². The number of pyridine rings is 2. The molecule has 0 unspecified atom stereocenters. The number of rotatable bonds is 6. The molecule has 0 atom stereocenters. The maximum absolute atomic E-state index is 13.0. The minimum absolute atomic E-state index is 0.111. The average Bonchev–Trinajstić information content (AvgIpc) is 2.74. The van der Waals surface area contributed by atoms with Crippen LogP contribution >= 0.6 is 0 Å². The molecule has 0 bridgehead atoms. The summed E-state index contributed by atoms with van der Waals surface area (Å²) in [6.45, 7) is 0.654. The standard InChI is InChI=1S/C21H19N3O3/c1-27-21(26)17-10-11-19(23-13-17)15-24(14-18-9-5-6-12-22-18)20(25)16-7-3-2-4-8-16/h2-13H,14-15H2,1H3. The molecule has 1 amide bonds. The topological polar surface area (TPSA) is 72.4 Å². The highest BCUT2D eigenvalue weighted by molar-refractivity contribution is 5.94. The second kappa shape index (κ2) is 8.71. The molecule has 0 saturated carbocycles. The van der Waals surface area contributed by atoms with Crippen LogP contribution in [0.1, 0.15) is 32.1 Å². The van der Waals surface area contributed by atoms with Crippen LogP contribution in [0.15, 0.2) is 73.1 Å². The van der Waals surface area contributed by atoms with Crippen LogP contribution in [0.2, 0.25) is 0 Å². The maximum atomic E-state index is 13.0. The number of nitrogens with zero attached hydrogens (tertiary/aromatic N) is 3. The van der Waals surface area contributed by atoms with Crippen molar-refractivity contribution in [2.24, 2.45) is 0 Å². The lowest BCUT2D eigenvalue weighted by molar-refractivity contribution is 0.0599. The Morgan fingerprint density at radius 3 is 2.15 bits per heavy atom. The fraction of sp³-hybridized carbons (Fsp3) is 0.143. The number of esters is 1. The summed E-state index contributed by atoms with van der Waals surface area (Å²) in [5.74, 6) is -0.556. The molecule has 3 rings (SSSR count). The fourth-order valence-corrected chi connectivity index (χ4v) is 2.60. The smallest absolute Gasteiger partial charge is 0.339 e. The molecule has 0 aliphatic carbocycles. The van der Waals surface area contributed by atoms with E-state index in [0.717, 1.165) is 5.69 Å². The van der Waals surface area contributed by atoms with E-state index in [0.29, 0.717) is 29.9 Å². The quantitative estimate of drug-likeness (QED) is 0.631. The van der Waals surface area contributed by atoms with E-state index in [2.05, 4.69) is 14.7 Å². The number of benzene rings is 1. The van der Waals surface area contributed by atoms with Gasteiger partial charge in [0.1, 0.15) is 0 Å². The second-order valence-corrected chi connectivity index (χ2v) is 5.88. The van der Waals surface area contributed by atoms with E-state index in [-0.39, 0.29) is 5.91 Å². The molecule has 6 heteroatoms. The first-order chi connectivity index (χ1) is 13.2. The molecule has 0 fully saturated rings. The van der Waals surface area contributed by atoms with Gasteiger partial charge in [0.25, 0.3) is 5.91 Å². The molecule has 1 aromatic carbocycles. The van der Waals surface area contributed by atoms with Gasteiger partial charge in [-0.2, -0.15) is 0 Å². The Bertz CT molecular complexity index is 897. The van der Waals surface area contributed by atoms with Crippen LogP contribution in [0.5, 0.6) is 0 Å². The third kappa shape index (κ3) is 4.76. The van der Waals surface area contributed by atoms with Gasteiger partial charge in [0, 0.05) is 18.0 Å². The highest BCUT2D eigenvalue weighted by atomic mass is 16.5. The normalized spacial score (nSPS) is 10.3. The van der Waals surface area contributed by atoms with Crippen molar-refractivity contribution in [2.45, 2.75) is 13.1 Å². The molecule has 0 saturated heterocycles. The molecule has 2 aromatic heterocycles. The maximum Gasteiger partial charge on any atom is 0.339 e. The van der Waals surface area contributed by atoms with Crippen molar-refractivity contribution in [3.63, 3.8) is 0 Å². The summed E-state index contributed by atoms with van der Waals surface area (Å²) in [5, 5.41) is 0. The van der Waals surface area contributed by atoms with Crippen LogP contribution in [0.3, 0.4) is 0 Å². The van der Waals surface area contributed by atoms with Crippen molar-refractivity contribution >= 4 is 11.9 Å². The van der Waals surface area contributed by atoms with Gasteiger partial charge < -0.3 is 9.64 Å². The number of carbonyl (C=O) groups is 2. The molecule has 2 heterocycles. The van der Waals surface area contributed by atoms with Gasteiger partial charge in [-0.25, -0.2) is 4.79 Å². The Morgan fingerprint density at radius 1 is 0.852 bits per heavy atom. The largest absolute Gasteiger partial charge is 0.465 e. The molecule has 0 spiro atoms. The van der Waals surface area contributed by atoms with Gasteiger partial charge in [0.15, 0.2) is 0 Å². The van der Waals surface area contributed by atoms with Gasteiger partial charge in [0.2, 0.25) is 0 Å². The van der Waals surface area contributed by atoms with Crippen LogP contribution in [0.25, 0.3) is 0 Å². The summed E-state index contributed by atoms with van der Waals surface area (Å²) < 4.78 is 4.68. The zero-order valence-corrected chi connectivity index (χ0v) is 14.9. The number of hydrogen-bond acceptors (Lipinski definition) is 5. The third-order valence-electron chi connectivity index (χ3n) is 3.99. The Morgan fingerprint density at radius 2 is 1.56 bits per heavy atom. The van der Waals surface area contributed by atoms with Gasteiger partial charge in [-0.05, 0) is 36.4 Å². The van der Waals surface area contributed by atoms with Gasteiger partial charge in [-0.3, -0.25) is 14.8 Å². The number of methoxy groups -OCH3 is 1. The van der Waals surface area contributed by atoms with Crippen molar-refractivity contribution in [1.29, 1.82) is 0 Å². The van der Waals surface area contributed by atoms with E-state index in [9.17, 15) is 9.59 Å². The van der Waals surface area contributed by atoms with Crippen LogP contribution in [-0.4, -0.2) is 33.9 Å². The lowest BCUT2D eigenvalue weighted by Crippen LogP contribution is -2.30. The summed E-state index contributed by atoms with van der Waals surface area (Å²) in [6.07, 6.45) is 3.15. The van der Waals surface area contributed by atoms with Crippen molar-refractivity contribution in [3.8, 4) is 0 Å². The molecule has 0 N–H and O–H groups in total. The fourth-order valence-electron chi connectivity index (χ4n) is 2.60. The zero-order valence-electron chi connectivity index (χ0n) is 14.9. The predicted octanol–water partition coefficient (Wildman–Crippen LogP) is 3.11. The Kier molecular flexibility index (Phi) is 5.89. The summed E-state index contributed by atoms with van der Waals surface area (Å²) in [5.41, 5.74) is 2.42. The van der Waals surface area contributed by atoms with E-state index in [4.69, 9.17) is 0 Å². The molecule has 3 aromatic rings. The summed E-state index contributed by atoms with van der Waals surface area (Å²) in [6, 6.07) is 18.0. The van der Waals surface area contributed by atoms with Crippen LogP contribution in [-0.2, 0) is 17.8 Å². The summed E-state index contributed by atoms with van der Waals surface area (Å²) in [7, 11) is 1.32. The van der Waals surface area contributed by atoms with Crippen molar-refractivity contribution in [2.75, 3.05) is 7.11 Å². The van der Waals surface area contributed by atoms with Crippen molar-refractivity contribution in [3.05, 3.63) is 95.6 Å². The number of carbonyl (C=O) groups excluding carboxylic acids is 2. The first-order valence-corrected chi connectivity index (χ1v) is 8.45. The van der Waals surface area contributed by atoms with E-state index in [1.807, 2.05) is 36.4 Å². The number of hydrogen-bond donors (Lipinski definition) is 0. The minimum Gasteiger partial charge on any atom is -0.465 e. The van der Waals surface area contributed by atoms with E-state index in [1.165, 1.54) is 13.3 Å². The molecule has 6 nitrogen and oxygen atoms in total. The zero-order chi connectivity index (χ0) is 19.1. The first-order valence-electron chi connectivity index (χ1n) is 8.45. The molecule has 136 valence electrons. The monoisotopic (exact) mass is 361 g/mol. The summed E-state index contributed by atoms with van der Waals surface area (Å²) in [4.78, 5) is 34.8. The lowest BCUT2D eigenvalue weighted by Gasteiger charge is -2.22. The second-order valence-electron chi connectivity index (χ2n) is 5.88. The van der Waals surface area contributed by atoms with Crippen LogP contribution < -0.4 is 0 Å². The molecule has 0 aliphatic rings. The van der Waals surface area contributed by atoms with Crippen molar-refractivity contribution < 1.29 is 14.3 Å². The number of aromatic nitrogens is 2. The third-order valence-corrected chi connectivity index (χ3v) is 3.99. The first kappa shape index (κ1) is 18.3. The Labute approximate surface area is 157 Å². The average molecular weight is 361 g/mol. The Balaban J connectivity index is 1.83. The highest BCUT2D eigenvalue weighted by Crippen LogP contribution is 2.13. The van der Waals surface area contributed by atoms with Gasteiger partial charge in [-0.1, -0.05) is 24.3 Å². The van der Waals surface area contributed by atoms with E-state index in [1.54, 1.807) is 35.4 Å². The molecular weight excluding hydrogens is 342 g/mol. The minimum atomic E-state index is -0.445. The molecular formula is C21H19N3O3. The Hall–Kier alpha value is -3.54. The van der Waals surface area contributed by atoms with E-state index >= 15 is 0 Å². The van der Waals surface area contributed by atoms with Crippen LogP contribution in [0.4, 0.5) is 0 Å². The lowest BCUT2D eigenvalue weighted by atomic mass is 10.1. The summed E-state index contributed by atoms with van der Waals surface area (Å²) >= 11 is 0. The number of ether oxygens (including phenoxy) is 1. The molecule has 0 radical (unpaired) electrons. The SMILES string of the molecule is COC(=O)c1ccc(CN(Cc2ccccn2)C(=O)c2ccccc2)nc1. The van der Waals surface area contributed by atoms with Gasteiger partial charge in [-0.15, -0.1) is 0 Å². The van der Waals surface area contributed by atoms with Crippen molar-refractivity contribution in [1.82, 2.24) is 14.9 Å². The highest BCUT2D eigenvalue weighted by Gasteiger charge is 2.18. The van der Waals surface area contributed by atoms with Gasteiger partial charge >= 0.3 is 5.97 Å². The van der Waals surface area contributed by atoms with Crippen LogP contribution in [0, 0.1) is 0 Å². The molecule has 27 heavy (non-hydrogen) atoms.